The van der Waals surface area contributed by atoms with Crippen LogP contribution in [0.5, 0.6) is 0 Å². The van der Waals surface area contributed by atoms with Crippen LogP contribution in [0.15, 0.2) is 18.3 Å². The molecule has 0 aliphatic carbocycles. The number of unbranched alkanes of at least 4 members (excludes halogenated alkanes) is 1. The summed E-state index contributed by atoms with van der Waals surface area (Å²) in [5.74, 6) is 1.07. The second-order valence-corrected chi connectivity index (χ2v) is 4.44. The van der Waals surface area contributed by atoms with E-state index in [0.717, 1.165) is 19.4 Å². The Morgan fingerprint density at radius 3 is 2.88 bits per heavy atom. The maximum Gasteiger partial charge on any atom is 0.311 e. The number of anilines is 1. The van der Waals surface area contributed by atoms with Crippen LogP contribution in [-0.2, 0) is 0 Å². The molecule has 0 saturated heterocycles. The molecular weight excluding hydrogens is 218 g/mol. The molecule has 1 aromatic heterocycles. The van der Waals surface area contributed by atoms with Crippen molar-refractivity contribution in [2.75, 3.05) is 11.9 Å². The smallest absolute Gasteiger partial charge is 0.311 e. The van der Waals surface area contributed by atoms with Crippen molar-refractivity contribution in [2.45, 2.75) is 33.1 Å². The molecule has 94 valence electrons. The van der Waals surface area contributed by atoms with Crippen LogP contribution in [0.2, 0.25) is 0 Å². The Morgan fingerprint density at radius 2 is 2.24 bits per heavy atom. The zero-order chi connectivity index (χ0) is 12.7. The highest BCUT2D eigenvalue weighted by molar-refractivity contribution is 5.54. The topological polar surface area (TPSA) is 68.1 Å². The third-order valence-electron chi connectivity index (χ3n) is 2.48. The van der Waals surface area contributed by atoms with E-state index in [1.54, 1.807) is 12.3 Å². The first-order valence-electron chi connectivity index (χ1n) is 5.94. The highest BCUT2D eigenvalue weighted by Gasteiger charge is 2.12. The Balaban J connectivity index is 2.39. The number of nitrogens with one attached hydrogen (secondary N) is 1. The van der Waals surface area contributed by atoms with Crippen molar-refractivity contribution in [3.05, 3.63) is 28.4 Å². The quantitative estimate of drug-likeness (QED) is 0.449. The summed E-state index contributed by atoms with van der Waals surface area (Å²) in [5, 5.41) is 13.7. The fourth-order valence-corrected chi connectivity index (χ4v) is 1.56. The Morgan fingerprint density at radius 1 is 1.47 bits per heavy atom. The molecule has 0 amide bonds. The molecule has 1 heterocycles. The van der Waals surface area contributed by atoms with Gasteiger partial charge in [0.05, 0.1) is 4.92 Å². The van der Waals surface area contributed by atoms with Crippen LogP contribution in [0, 0.1) is 16.0 Å². The molecule has 1 aromatic rings. The summed E-state index contributed by atoms with van der Waals surface area (Å²) in [4.78, 5) is 14.3. The minimum absolute atomic E-state index is 0.0383. The van der Waals surface area contributed by atoms with Gasteiger partial charge in [0.1, 0.15) is 0 Å². The van der Waals surface area contributed by atoms with E-state index in [9.17, 15) is 10.1 Å². The zero-order valence-corrected chi connectivity index (χ0v) is 10.3. The van der Waals surface area contributed by atoms with Crippen LogP contribution in [-0.4, -0.2) is 16.5 Å². The van der Waals surface area contributed by atoms with Crippen LogP contribution in [0.25, 0.3) is 0 Å². The Kier molecular flexibility index (Phi) is 5.39. The van der Waals surface area contributed by atoms with Gasteiger partial charge >= 0.3 is 5.69 Å². The van der Waals surface area contributed by atoms with E-state index in [4.69, 9.17) is 0 Å². The largest absolute Gasteiger partial charge is 0.364 e. The van der Waals surface area contributed by atoms with Gasteiger partial charge < -0.3 is 5.32 Å². The molecule has 17 heavy (non-hydrogen) atoms. The number of hydrogen-bond acceptors (Lipinski definition) is 4. The van der Waals surface area contributed by atoms with Gasteiger partial charge in [0.15, 0.2) is 0 Å². The first-order chi connectivity index (χ1) is 8.11. The molecule has 0 atom stereocenters. The van der Waals surface area contributed by atoms with Crippen molar-refractivity contribution in [1.29, 1.82) is 0 Å². The van der Waals surface area contributed by atoms with E-state index < -0.39 is 4.92 Å². The van der Waals surface area contributed by atoms with Crippen LogP contribution in [0.4, 0.5) is 11.5 Å². The van der Waals surface area contributed by atoms with Crippen molar-refractivity contribution < 1.29 is 4.92 Å². The third kappa shape index (κ3) is 4.80. The van der Waals surface area contributed by atoms with Gasteiger partial charge in [-0.25, -0.2) is 4.98 Å². The normalized spacial score (nSPS) is 10.5. The average molecular weight is 237 g/mol. The van der Waals surface area contributed by atoms with Crippen molar-refractivity contribution in [1.82, 2.24) is 4.98 Å². The van der Waals surface area contributed by atoms with Crippen molar-refractivity contribution >= 4 is 11.5 Å². The summed E-state index contributed by atoms with van der Waals surface area (Å²) in [6.45, 7) is 5.11. The average Bonchev–Trinajstić information content (AvgIpc) is 2.28. The lowest BCUT2D eigenvalue weighted by Gasteiger charge is -2.06. The lowest BCUT2D eigenvalue weighted by molar-refractivity contribution is -0.384. The SMILES string of the molecule is CC(C)CCCCNc1ncccc1[N+](=O)[O-]. The van der Waals surface area contributed by atoms with Crippen LogP contribution < -0.4 is 5.32 Å². The van der Waals surface area contributed by atoms with E-state index in [1.807, 2.05) is 0 Å². The maximum atomic E-state index is 10.7. The number of hydrogen-bond donors (Lipinski definition) is 1. The molecule has 0 aliphatic heterocycles. The van der Waals surface area contributed by atoms with Crippen molar-refractivity contribution in [2.24, 2.45) is 5.92 Å². The summed E-state index contributed by atoms with van der Waals surface area (Å²) >= 11 is 0. The summed E-state index contributed by atoms with van der Waals surface area (Å²) < 4.78 is 0. The minimum atomic E-state index is -0.413. The van der Waals surface area contributed by atoms with E-state index in [-0.39, 0.29) is 5.69 Å². The first kappa shape index (κ1) is 13.4. The summed E-state index contributed by atoms with van der Waals surface area (Å²) in [6.07, 6.45) is 4.88. The Bertz CT molecular complexity index is 367. The highest BCUT2D eigenvalue weighted by atomic mass is 16.6. The molecule has 0 spiro atoms. The van der Waals surface area contributed by atoms with E-state index in [2.05, 4.69) is 24.1 Å². The predicted octanol–water partition coefficient (Wildman–Crippen LogP) is 3.23. The van der Waals surface area contributed by atoms with Gasteiger partial charge in [0.25, 0.3) is 0 Å². The van der Waals surface area contributed by atoms with E-state index >= 15 is 0 Å². The van der Waals surface area contributed by atoms with Gasteiger partial charge in [0.2, 0.25) is 5.82 Å². The van der Waals surface area contributed by atoms with Crippen molar-refractivity contribution in [3.8, 4) is 0 Å². The number of nitro groups is 1. The molecule has 0 fully saturated rings. The first-order valence-corrected chi connectivity index (χ1v) is 5.94. The number of pyridine rings is 1. The van der Waals surface area contributed by atoms with Gasteiger partial charge in [-0.3, -0.25) is 10.1 Å². The molecule has 0 aromatic carbocycles. The van der Waals surface area contributed by atoms with E-state index in [1.165, 1.54) is 12.5 Å². The van der Waals surface area contributed by atoms with Gasteiger partial charge in [0, 0.05) is 18.8 Å². The molecule has 1 N–H and O–H groups in total. The third-order valence-corrected chi connectivity index (χ3v) is 2.48. The standard InChI is InChI=1S/C12H19N3O2/c1-10(2)6-3-4-8-13-12-11(15(16)17)7-5-9-14-12/h5,7,9-10H,3-4,6,8H2,1-2H3,(H,13,14). The molecule has 0 aliphatic rings. The number of rotatable bonds is 7. The fraction of sp³-hybridized carbons (Fsp3) is 0.583. The highest BCUT2D eigenvalue weighted by Crippen LogP contribution is 2.20. The fourth-order valence-electron chi connectivity index (χ4n) is 1.56. The molecule has 5 heteroatoms. The molecule has 0 bridgehead atoms. The van der Waals surface area contributed by atoms with Gasteiger partial charge in [-0.15, -0.1) is 0 Å². The number of aromatic nitrogens is 1. The monoisotopic (exact) mass is 237 g/mol. The molecule has 0 radical (unpaired) electrons. The lowest BCUT2D eigenvalue weighted by Crippen LogP contribution is -2.06. The summed E-state index contributed by atoms with van der Waals surface area (Å²) in [7, 11) is 0. The van der Waals surface area contributed by atoms with Crippen LogP contribution >= 0.6 is 0 Å². The lowest BCUT2D eigenvalue weighted by atomic mass is 10.1. The van der Waals surface area contributed by atoms with Gasteiger partial charge in [-0.05, 0) is 18.4 Å². The summed E-state index contributed by atoms with van der Waals surface area (Å²) in [5.41, 5.74) is 0.0383. The molecule has 5 nitrogen and oxygen atoms in total. The van der Waals surface area contributed by atoms with Crippen LogP contribution in [0.1, 0.15) is 33.1 Å². The maximum absolute atomic E-state index is 10.7. The second-order valence-electron chi connectivity index (χ2n) is 4.44. The molecular formula is C12H19N3O2. The van der Waals surface area contributed by atoms with Gasteiger partial charge in [-0.2, -0.15) is 0 Å². The van der Waals surface area contributed by atoms with Crippen LogP contribution in [0.3, 0.4) is 0 Å². The van der Waals surface area contributed by atoms with Gasteiger partial charge in [-0.1, -0.05) is 26.7 Å². The number of nitrogens with zero attached hydrogens (tertiary/aromatic N) is 2. The Labute approximate surface area is 101 Å². The summed E-state index contributed by atoms with van der Waals surface area (Å²) in [6, 6.07) is 3.03. The van der Waals surface area contributed by atoms with Crippen molar-refractivity contribution in [3.63, 3.8) is 0 Å². The molecule has 0 unspecified atom stereocenters. The minimum Gasteiger partial charge on any atom is -0.364 e. The Hall–Kier alpha value is -1.65. The van der Waals surface area contributed by atoms with E-state index in [0.29, 0.717) is 11.7 Å². The molecule has 1 rings (SSSR count). The second kappa shape index (κ2) is 6.83. The molecule has 0 saturated carbocycles. The predicted molar refractivity (Wildman–Crippen MR) is 68.1 cm³/mol. The zero-order valence-electron chi connectivity index (χ0n) is 10.3.